The Morgan fingerprint density at radius 1 is 1.11 bits per heavy atom. The predicted molar refractivity (Wildman–Crippen MR) is 147 cm³/mol. The molecule has 5 rings (SSSR count). The Kier molecular flexibility index (Phi) is 7.98. The molecule has 5 heterocycles. The topological polar surface area (TPSA) is 87.0 Å². The molecule has 0 aromatic carbocycles. The molecule has 3 aliphatic heterocycles. The summed E-state index contributed by atoms with van der Waals surface area (Å²) in [5.74, 6) is 1.36. The first-order chi connectivity index (χ1) is 18.2. The van der Waals surface area contributed by atoms with Crippen LogP contribution in [-0.2, 0) is 9.59 Å². The van der Waals surface area contributed by atoms with E-state index in [9.17, 15) is 14.4 Å². The molecule has 38 heavy (non-hydrogen) atoms. The van der Waals surface area contributed by atoms with Gasteiger partial charge in [-0.25, -0.2) is 4.98 Å². The Hall–Kier alpha value is -2.61. The molecule has 206 valence electrons. The number of rotatable bonds is 2. The number of piperidine rings is 2. The van der Waals surface area contributed by atoms with Crippen molar-refractivity contribution in [1.29, 1.82) is 0 Å². The SMILES string of the molecule is CC(C)[C@@H]1CC[C@@H](C)CC(=O)N2C[C@H]3C[C@H](CN(C(=O)c4cn5cc(Cl)ccc5n4)C3)[C@@H]2CCCC(=O)N1. The molecule has 0 aliphatic carbocycles. The van der Waals surface area contributed by atoms with E-state index in [2.05, 4.69) is 36.0 Å². The summed E-state index contributed by atoms with van der Waals surface area (Å²) in [5, 5.41) is 3.84. The third-order valence-corrected chi connectivity index (χ3v) is 8.98. The Labute approximate surface area is 230 Å². The molecular weight excluding hydrogens is 502 g/mol. The monoisotopic (exact) mass is 541 g/mol. The number of imidazole rings is 1. The first-order valence-corrected chi connectivity index (χ1v) is 14.6. The maximum atomic E-state index is 13.6. The quantitative estimate of drug-likeness (QED) is 0.610. The normalized spacial score (nSPS) is 29.3. The summed E-state index contributed by atoms with van der Waals surface area (Å²) in [7, 11) is 0. The van der Waals surface area contributed by atoms with Gasteiger partial charge in [0.15, 0.2) is 0 Å². The number of carbonyl (C=O) groups is 3. The van der Waals surface area contributed by atoms with Crippen LogP contribution in [0.1, 0.15) is 76.2 Å². The number of amides is 3. The molecule has 9 heteroatoms. The van der Waals surface area contributed by atoms with E-state index in [1.54, 1.807) is 28.9 Å². The van der Waals surface area contributed by atoms with Crippen molar-refractivity contribution in [1.82, 2.24) is 24.5 Å². The van der Waals surface area contributed by atoms with Gasteiger partial charge in [-0.3, -0.25) is 14.4 Å². The fourth-order valence-corrected chi connectivity index (χ4v) is 6.87. The Balaban J connectivity index is 1.33. The summed E-state index contributed by atoms with van der Waals surface area (Å²) in [6, 6.07) is 3.78. The molecule has 3 aliphatic rings. The molecule has 0 unspecified atom stereocenters. The Morgan fingerprint density at radius 3 is 2.71 bits per heavy atom. The number of aromatic nitrogens is 2. The first kappa shape index (κ1) is 27.0. The van der Waals surface area contributed by atoms with Crippen LogP contribution >= 0.6 is 11.6 Å². The average Bonchev–Trinajstić information content (AvgIpc) is 3.29. The second-order valence-corrected chi connectivity index (χ2v) is 12.6. The van der Waals surface area contributed by atoms with E-state index < -0.39 is 0 Å². The molecule has 2 aromatic heterocycles. The van der Waals surface area contributed by atoms with Crippen LogP contribution in [0.2, 0.25) is 5.02 Å². The van der Waals surface area contributed by atoms with Gasteiger partial charge in [0.05, 0.1) is 5.02 Å². The summed E-state index contributed by atoms with van der Waals surface area (Å²) in [6.07, 6.45) is 8.87. The van der Waals surface area contributed by atoms with E-state index in [1.807, 2.05) is 4.90 Å². The molecule has 8 nitrogen and oxygen atoms in total. The zero-order valence-corrected chi connectivity index (χ0v) is 23.5. The molecule has 3 fully saturated rings. The van der Waals surface area contributed by atoms with Crippen molar-refractivity contribution in [3.05, 3.63) is 35.2 Å². The molecular formula is C29H40ClN5O3. The summed E-state index contributed by atoms with van der Waals surface area (Å²) >= 11 is 6.11. The number of hydrogen-bond donors (Lipinski definition) is 1. The zero-order chi connectivity index (χ0) is 27.0. The highest BCUT2D eigenvalue weighted by atomic mass is 35.5. The van der Waals surface area contributed by atoms with Crippen molar-refractivity contribution in [3.8, 4) is 0 Å². The molecule has 0 spiro atoms. The van der Waals surface area contributed by atoms with Crippen molar-refractivity contribution in [2.24, 2.45) is 23.7 Å². The van der Waals surface area contributed by atoms with E-state index in [0.717, 1.165) is 32.1 Å². The highest BCUT2D eigenvalue weighted by Crippen LogP contribution is 2.37. The van der Waals surface area contributed by atoms with Crippen LogP contribution in [0.4, 0.5) is 0 Å². The second-order valence-electron chi connectivity index (χ2n) is 12.1. The van der Waals surface area contributed by atoms with Crippen molar-refractivity contribution >= 4 is 35.0 Å². The number of hydrogen-bond acceptors (Lipinski definition) is 4. The van der Waals surface area contributed by atoms with Gasteiger partial charge in [-0.2, -0.15) is 0 Å². The molecule has 5 atom stereocenters. The van der Waals surface area contributed by atoms with Gasteiger partial charge in [-0.1, -0.05) is 32.4 Å². The number of nitrogens with zero attached hydrogens (tertiary/aromatic N) is 4. The summed E-state index contributed by atoms with van der Waals surface area (Å²) in [4.78, 5) is 48.4. The predicted octanol–water partition coefficient (Wildman–Crippen LogP) is 4.41. The van der Waals surface area contributed by atoms with E-state index >= 15 is 0 Å². The fraction of sp³-hybridized carbons (Fsp3) is 0.655. The molecule has 2 aromatic rings. The van der Waals surface area contributed by atoms with Gasteiger partial charge >= 0.3 is 0 Å². The first-order valence-electron chi connectivity index (χ1n) is 14.2. The van der Waals surface area contributed by atoms with Crippen LogP contribution in [0, 0.1) is 23.7 Å². The minimum absolute atomic E-state index is 0.0517. The molecule has 0 saturated carbocycles. The van der Waals surface area contributed by atoms with Crippen LogP contribution in [0.3, 0.4) is 0 Å². The third-order valence-electron chi connectivity index (χ3n) is 8.76. The van der Waals surface area contributed by atoms with Crippen LogP contribution in [0.5, 0.6) is 0 Å². The third kappa shape index (κ3) is 5.85. The summed E-state index contributed by atoms with van der Waals surface area (Å²) in [6.45, 7) is 8.36. The molecule has 3 saturated heterocycles. The minimum atomic E-state index is -0.0725. The minimum Gasteiger partial charge on any atom is -0.353 e. The van der Waals surface area contributed by atoms with Gasteiger partial charge in [-0.15, -0.1) is 0 Å². The van der Waals surface area contributed by atoms with Crippen LogP contribution in [-0.4, -0.2) is 68.6 Å². The van der Waals surface area contributed by atoms with Crippen molar-refractivity contribution in [2.45, 2.75) is 77.8 Å². The molecule has 3 amide bonds. The number of halogens is 1. The second kappa shape index (κ2) is 11.2. The van der Waals surface area contributed by atoms with Gasteiger partial charge in [0, 0.05) is 57.0 Å². The lowest BCUT2D eigenvalue weighted by atomic mass is 9.77. The highest BCUT2D eigenvalue weighted by Gasteiger charge is 2.44. The Bertz CT molecular complexity index is 1200. The maximum absolute atomic E-state index is 13.6. The lowest BCUT2D eigenvalue weighted by Gasteiger charge is -2.51. The molecule has 2 bridgehead atoms. The summed E-state index contributed by atoms with van der Waals surface area (Å²) in [5.41, 5.74) is 1.11. The molecule has 1 N–H and O–H groups in total. The van der Waals surface area contributed by atoms with E-state index in [4.69, 9.17) is 11.6 Å². The van der Waals surface area contributed by atoms with Gasteiger partial charge < -0.3 is 19.5 Å². The van der Waals surface area contributed by atoms with Crippen LogP contribution in [0.25, 0.3) is 5.65 Å². The largest absolute Gasteiger partial charge is 0.353 e. The fourth-order valence-electron chi connectivity index (χ4n) is 6.70. The van der Waals surface area contributed by atoms with E-state index in [0.29, 0.717) is 54.8 Å². The lowest BCUT2D eigenvalue weighted by molar-refractivity contribution is -0.141. The van der Waals surface area contributed by atoms with Gasteiger partial charge in [-0.05, 0) is 67.9 Å². The van der Waals surface area contributed by atoms with Gasteiger partial charge in [0.2, 0.25) is 11.8 Å². The van der Waals surface area contributed by atoms with Crippen LogP contribution in [0.15, 0.2) is 24.5 Å². The molecule has 0 radical (unpaired) electrons. The van der Waals surface area contributed by atoms with E-state index in [1.165, 1.54) is 0 Å². The summed E-state index contributed by atoms with van der Waals surface area (Å²) < 4.78 is 1.78. The van der Waals surface area contributed by atoms with Gasteiger partial charge in [0.25, 0.3) is 5.91 Å². The van der Waals surface area contributed by atoms with E-state index in [-0.39, 0.29) is 47.6 Å². The van der Waals surface area contributed by atoms with Gasteiger partial charge in [0.1, 0.15) is 11.3 Å². The standard InChI is InChI=1S/C29H40ClN5O3/c1-18(2)23-9-7-19(3)11-28(37)35-14-20-12-21(25(35)5-4-6-27(36)32-23)15-34(13-20)29(38)24-17-33-16-22(30)8-10-26(33)31-24/h8,10,16-21,23,25H,4-7,9,11-15H2,1-3H3,(H,32,36)/t19-,20+,21-,23+,25+/m1/s1. The highest BCUT2D eigenvalue weighted by molar-refractivity contribution is 6.30. The van der Waals surface area contributed by atoms with Crippen molar-refractivity contribution in [2.75, 3.05) is 19.6 Å². The number of fused-ring (bicyclic) bond motifs is 5. The Morgan fingerprint density at radius 2 is 1.92 bits per heavy atom. The number of carbonyl (C=O) groups excluding carboxylic acids is 3. The van der Waals surface area contributed by atoms with Crippen molar-refractivity contribution < 1.29 is 14.4 Å². The average molecular weight is 542 g/mol. The maximum Gasteiger partial charge on any atom is 0.274 e. The van der Waals surface area contributed by atoms with Crippen LogP contribution < -0.4 is 5.32 Å². The lowest BCUT2D eigenvalue weighted by Crippen LogP contribution is -2.60. The zero-order valence-electron chi connectivity index (χ0n) is 22.7. The number of pyridine rings is 1. The number of likely N-dealkylation sites (tertiary alicyclic amines) is 1. The number of nitrogens with one attached hydrogen (secondary N) is 1. The smallest absolute Gasteiger partial charge is 0.274 e. The van der Waals surface area contributed by atoms with Crippen molar-refractivity contribution in [3.63, 3.8) is 0 Å².